The van der Waals surface area contributed by atoms with Crippen molar-refractivity contribution in [2.45, 2.75) is 11.6 Å². The van der Waals surface area contributed by atoms with Crippen LogP contribution in [0.1, 0.15) is 10.7 Å². The van der Waals surface area contributed by atoms with Gasteiger partial charge in [-0.05, 0) is 29.6 Å². The number of ether oxygens (including phenoxy) is 1. The predicted molar refractivity (Wildman–Crippen MR) is 101 cm³/mol. The van der Waals surface area contributed by atoms with Gasteiger partial charge in [-0.2, -0.15) is 0 Å². The Kier molecular flexibility index (Phi) is 5.95. The number of nitrogens with zero attached hydrogens (tertiary/aromatic N) is 2. The third-order valence-corrected chi connectivity index (χ3v) is 5.22. The molecule has 0 bridgehead atoms. The van der Waals surface area contributed by atoms with Crippen LogP contribution in [0.15, 0.2) is 40.9 Å². The van der Waals surface area contributed by atoms with E-state index in [1.165, 1.54) is 16.6 Å². The lowest BCUT2D eigenvalue weighted by atomic mass is 10.3. The molecule has 0 saturated carbocycles. The summed E-state index contributed by atoms with van der Waals surface area (Å²) in [4.78, 5) is 17.6. The van der Waals surface area contributed by atoms with Gasteiger partial charge in [0.1, 0.15) is 11.6 Å². The summed E-state index contributed by atoms with van der Waals surface area (Å²) in [5.41, 5.74) is 0.616. The number of hydrogen-bond acceptors (Lipinski definition) is 6. The second-order valence-corrected chi connectivity index (χ2v) is 7.39. The molecule has 3 aromatic rings. The summed E-state index contributed by atoms with van der Waals surface area (Å²) in [6, 6.07) is 9.14. The van der Waals surface area contributed by atoms with E-state index in [0.29, 0.717) is 28.0 Å². The number of benzene rings is 1. The summed E-state index contributed by atoms with van der Waals surface area (Å²) < 4.78 is 5.08. The highest BCUT2D eigenvalue weighted by atomic mass is 35.5. The predicted octanol–water partition coefficient (Wildman–Crippen LogP) is 3.85. The molecule has 1 aromatic carbocycles. The summed E-state index contributed by atoms with van der Waals surface area (Å²) in [7, 11) is 1.54. The van der Waals surface area contributed by atoms with E-state index >= 15 is 0 Å². The van der Waals surface area contributed by atoms with E-state index in [4.69, 9.17) is 16.3 Å². The largest absolute Gasteiger partial charge is 0.495 e. The Balaban J connectivity index is 1.50. The maximum Gasteiger partial charge on any atom is 0.234 e. The lowest BCUT2D eigenvalue weighted by molar-refractivity contribution is -0.113. The Hall–Kier alpha value is -2.03. The minimum Gasteiger partial charge on any atom is -0.495 e. The minimum absolute atomic E-state index is 0.157. The number of amides is 1. The molecule has 0 fully saturated rings. The zero-order valence-electron chi connectivity index (χ0n) is 13.3. The Labute approximate surface area is 158 Å². The molecule has 0 unspecified atom stereocenters. The summed E-state index contributed by atoms with van der Waals surface area (Å²) in [6.45, 7) is 0. The van der Waals surface area contributed by atoms with Crippen molar-refractivity contribution in [1.82, 2.24) is 15.2 Å². The van der Waals surface area contributed by atoms with E-state index in [2.05, 4.69) is 20.5 Å². The van der Waals surface area contributed by atoms with Crippen LogP contribution in [-0.4, -0.2) is 34.0 Å². The lowest BCUT2D eigenvalue weighted by Gasteiger charge is -2.07. The quantitative estimate of drug-likeness (QED) is 0.595. The molecular formula is C16H15ClN4O2S2. The van der Waals surface area contributed by atoms with Gasteiger partial charge in [0.2, 0.25) is 11.1 Å². The molecule has 0 radical (unpaired) electrons. The minimum atomic E-state index is -0.157. The van der Waals surface area contributed by atoms with Gasteiger partial charge in [-0.15, -0.1) is 16.4 Å². The summed E-state index contributed by atoms with van der Waals surface area (Å²) in [5.74, 6) is 1.40. The van der Waals surface area contributed by atoms with E-state index in [9.17, 15) is 4.79 Å². The van der Waals surface area contributed by atoms with Gasteiger partial charge in [0, 0.05) is 17.0 Å². The van der Waals surface area contributed by atoms with Crippen LogP contribution in [0.25, 0.3) is 0 Å². The van der Waals surface area contributed by atoms with E-state index in [1.54, 1.807) is 36.6 Å². The van der Waals surface area contributed by atoms with Crippen molar-refractivity contribution in [2.75, 3.05) is 18.2 Å². The molecule has 3 rings (SSSR count). The SMILES string of the molecule is COc1ccc(NC(=O)CSc2n[nH]c(Cc3cccs3)n2)cc1Cl. The second kappa shape index (κ2) is 8.37. The average Bonchev–Trinajstić information content (AvgIpc) is 3.26. The third kappa shape index (κ3) is 4.97. The number of rotatable bonds is 7. The van der Waals surface area contributed by atoms with Crippen molar-refractivity contribution < 1.29 is 9.53 Å². The number of thiophene rings is 1. The van der Waals surface area contributed by atoms with Gasteiger partial charge in [0.05, 0.1) is 17.9 Å². The first-order valence-corrected chi connectivity index (χ1v) is 9.58. The molecule has 0 atom stereocenters. The van der Waals surface area contributed by atoms with Crippen LogP contribution in [-0.2, 0) is 11.2 Å². The van der Waals surface area contributed by atoms with E-state index in [1.807, 2.05) is 17.5 Å². The van der Waals surface area contributed by atoms with Gasteiger partial charge in [-0.3, -0.25) is 9.89 Å². The molecule has 9 heteroatoms. The number of methoxy groups -OCH3 is 1. The van der Waals surface area contributed by atoms with Crippen molar-refractivity contribution in [1.29, 1.82) is 0 Å². The van der Waals surface area contributed by atoms with Crippen LogP contribution in [0, 0.1) is 0 Å². The number of carbonyl (C=O) groups excluding carboxylic acids is 1. The van der Waals surface area contributed by atoms with E-state index in [-0.39, 0.29) is 11.7 Å². The lowest BCUT2D eigenvalue weighted by Crippen LogP contribution is -2.14. The number of aromatic nitrogens is 3. The third-order valence-electron chi connectivity index (χ3n) is 3.20. The topological polar surface area (TPSA) is 79.9 Å². The number of aromatic amines is 1. The molecular weight excluding hydrogens is 380 g/mol. The van der Waals surface area contributed by atoms with Crippen molar-refractivity contribution in [3.63, 3.8) is 0 Å². The van der Waals surface area contributed by atoms with Crippen LogP contribution in [0.3, 0.4) is 0 Å². The van der Waals surface area contributed by atoms with Crippen LogP contribution < -0.4 is 10.1 Å². The van der Waals surface area contributed by atoms with Crippen LogP contribution in [0.5, 0.6) is 5.75 Å². The smallest absolute Gasteiger partial charge is 0.234 e. The number of hydrogen-bond donors (Lipinski definition) is 2. The van der Waals surface area contributed by atoms with Crippen molar-refractivity contribution in [3.05, 3.63) is 51.4 Å². The van der Waals surface area contributed by atoms with Gasteiger partial charge in [0.15, 0.2) is 0 Å². The first-order valence-electron chi connectivity index (χ1n) is 7.34. The summed E-state index contributed by atoms with van der Waals surface area (Å²) >= 11 is 8.99. The number of halogens is 1. The molecule has 0 aliphatic heterocycles. The molecule has 2 heterocycles. The molecule has 130 valence electrons. The summed E-state index contributed by atoms with van der Waals surface area (Å²) in [5, 5.41) is 12.8. The maximum atomic E-state index is 12.0. The van der Waals surface area contributed by atoms with Crippen LogP contribution >= 0.6 is 34.7 Å². The van der Waals surface area contributed by atoms with Gasteiger partial charge < -0.3 is 10.1 Å². The van der Waals surface area contributed by atoms with Crippen LogP contribution in [0.2, 0.25) is 5.02 Å². The van der Waals surface area contributed by atoms with Gasteiger partial charge in [0.25, 0.3) is 0 Å². The summed E-state index contributed by atoms with van der Waals surface area (Å²) in [6.07, 6.45) is 0.710. The molecule has 1 amide bonds. The zero-order chi connectivity index (χ0) is 17.6. The van der Waals surface area contributed by atoms with E-state index in [0.717, 1.165) is 5.82 Å². The van der Waals surface area contributed by atoms with Gasteiger partial charge in [-0.25, -0.2) is 4.98 Å². The Morgan fingerprint density at radius 1 is 1.44 bits per heavy atom. The number of anilines is 1. The monoisotopic (exact) mass is 394 g/mol. The molecule has 2 N–H and O–H groups in total. The van der Waals surface area contributed by atoms with Crippen molar-refractivity contribution >= 4 is 46.3 Å². The van der Waals surface area contributed by atoms with Gasteiger partial charge in [-0.1, -0.05) is 29.4 Å². The molecule has 6 nitrogen and oxygen atoms in total. The molecule has 2 aromatic heterocycles. The normalized spacial score (nSPS) is 10.6. The van der Waals surface area contributed by atoms with Gasteiger partial charge >= 0.3 is 0 Å². The number of nitrogens with one attached hydrogen (secondary N) is 2. The standard InChI is InChI=1S/C16H15ClN4O2S2/c1-23-13-5-4-10(7-12(13)17)18-15(22)9-25-16-19-14(20-21-16)8-11-3-2-6-24-11/h2-7H,8-9H2,1H3,(H,18,22)(H,19,20,21). The Morgan fingerprint density at radius 3 is 3.04 bits per heavy atom. The Morgan fingerprint density at radius 2 is 2.32 bits per heavy atom. The first kappa shape index (κ1) is 17.8. The maximum absolute atomic E-state index is 12.0. The number of carbonyl (C=O) groups is 1. The van der Waals surface area contributed by atoms with Crippen molar-refractivity contribution in [3.8, 4) is 5.75 Å². The molecule has 0 aliphatic carbocycles. The molecule has 0 aliphatic rings. The molecule has 0 saturated heterocycles. The highest BCUT2D eigenvalue weighted by Crippen LogP contribution is 2.27. The van der Waals surface area contributed by atoms with E-state index < -0.39 is 0 Å². The number of thioether (sulfide) groups is 1. The fourth-order valence-corrected chi connectivity index (χ4v) is 3.66. The number of H-pyrrole nitrogens is 1. The molecule has 0 spiro atoms. The Bertz CT molecular complexity index is 852. The second-order valence-electron chi connectivity index (χ2n) is 5.01. The fourth-order valence-electron chi connectivity index (χ4n) is 2.07. The zero-order valence-corrected chi connectivity index (χ0v) is 15.7. The highest BCUT2D eigenvalue weighted by molar-refractivity contribution is 7.99. The average molecular weight is 395 g/mol. The molecule has 25 heavy (non-hydrogen) atoms. The van der Waals surface area contributed by atoms with Crippen LogP contribution in [0.4, 0.5) is 5.69 Å². The fraction of sp³-hybridized carbons (Fsp3) is 0.188. The first-order chi connectivity index (χ1) is 12.1. The van der Waals surface area contributed by atoms with Crippen molar-refractivity contribution in [2.24, 2.45) is 0 Å². The highest BCUT2D eigenvalue weighted by Gasteiger charge is 2.10.